The molecule has 1 aromatic carbocycles. The zero-order valence-electron chi connectivity index (χ0n) is 49.7. The number of unbranched alkanes of at least 4 members (excludes halogenated alkanes) is 22. The van der Waals surface area contributed by atoms with Gasteiger partial charge in [0.15, 0.2) is 0 Å². The predicted molar refractivity (Wildman–Crippen MR) is 308 cm³/mol. The van der Waals surface area contributed by atoms with Crippen molar-refractivity contribution in [3.63, 3.8) is 0 Å². The van der Waals surface area contributed by atoms with Gasteiger partial charge in [-0.1, -0.05) is 183 Å². The highest BCUT2D eigenvalue weighted by Gasteiger charge is 2.45. The van der Waals surface area contributed by atoms with Gasteiger partial charge in [0, 0.05) is 37.7 Å². The average molecular weight is 1100 g/mol. The van der Waals surface area contributed by atoms with Crippen LogP contribution in [-0.2, 0) is 47.7 Å². The first-order valence-corrected chi connectivity index (χ1v) is 30.0. The summed E-state index contributed by atoms with van der Waals surface area (Å²) in [6.07, 6.45) is 30.5. The molecular weight excluding hydrogens is 995 g/mol. The van der Waals surface area contributed by atoms with Gasteiger partial charge in [0.05, 0.1) is 39.7 Å². The third-order valence-electron chi connectivity index (χ3n) is 14.0. The largest absolute Gasteiger partial charge is 0.491 e. The Balaban J connectivity index is 2.27. The van der Waals surface area contributed by atoms with E-state index in [1.165, 1.54) is 111 Å². The van der Waals surface area contributed by atoms with Crippen LogP contribution in [0.1, 0.15) is 234 Å². The molecule has 1 unspecified atom stereocenters. The van der Waals surface area contributed by atoms with Gasteiger partial charge in [-0.2, -0.15) is 5.10 Å². The zero-order chi connectivity index (χ0) is 57.4. The number of hydrazone groups is 1. The Hall–Kier alpha value is -5.22. The molecule has 1 fully saturated rings. The Morgan fingerprint density at radius 2 is 0.987 bits per heavy atom. The van der Waals surface area contributed by atoms with Crippen LogP contribution in [-0.4, -0.2) is 117 Å². The molecule has 4 amide bonds. The van der Waals surface area contributed by atoms with Crippen molar-refractivity contribution >= 4 is 58.8 Å². The van der Waals surface area contributed by atoms with Crippen LogP contribution < -0.4 is 15.1 Å². The van der Waals surface area contributed by atoms with E-state index in [9.17, 15) is 33.6 Å². The minimum atomic E-state index is -1.16. The number of amides is 4. The standard InChI is InChI=1S/C61H103N5O12/c1-9-11-13-15-17-19-20-21-22-23-24-25-26-28-30-32-43-78-56(70)48-66-59(72)57(58(71)65(60(66)73)47-55(69)77-42-31-29-27-18-16-14-12-10-2)63-62-51-38-37-50(45-52(51)76-44-39-49(3)46-61(4,5)6)64(40-33-35-53(67)74-7)41-34-36-54(68)75-8/h37-38,45,49,62H,9-36,39-44,46-48H2,1-8H3/b63-57+. The summed E-state index contributed by atoms with van der Waals surface area (Å²) in [5.41, 5.74) is 3.17. The van der Waals surface area contributed by atoms with Crippen LogP contribution in [0.25, 0.3) is 0 Å². The number of esters is 4. The van der Waals surface area contributed by atoms with Gasteiger partial charge in [0.1, 0.15) is 18.8 Å². The predicted octanol–water partition coefficient (Wildman–Crippen LogP) is 13.3. The summed E-state index contributed by atoms with van der Waals surface area (Å²) < 4.78 is 27.1. The number of rotatable bonds is 46. The minimum Gasteiger partial charge on any atom is -0.491 e. The molecule has 444 valence electrons. The second kappa shape index (κ2) is 41.8. The van der Waals surface area contributed by atoms with Crippen molar-refractivity contribution in [3.8, 4) is 5.75 Å². The quantitative estimate of drug-likeness (QED) is 0.0280. The number of urea groups is 1. The number of carbonyl (C=O) groups is 7. The van der Waals surface area contributed by atoms with Crippen molar-refractivity contribution in [3.05, 3.63) is 18.2 Å². The molecule has 1 aliphatic heterocycles. The van der Waals surface area contributed by atoms with E-state index in [4.69, 9.17) is 23.7 Å². The molecule has 1 aliphatic rings. The summed E-state index contributed by atoms with van der Waals surface area (Å²) in [6.45, 7) is 12.9. The monoisotopic (exact) mass is 1100 g/mol. The fourth-order valence-corrected chi connectivity index (χ4v) is 9.60. The van der Waals surface area contributed by atoms with E-state index in [1.807, 2.05) is 4.90 Å². The van der Waals surface area contributed by atoms with Crippen molar-refractivity contribution in [2.45, 2.75) is 234 Å². The van der Waals surface area contributed by atoms with Gasteiger partial charge < -0.3 is 28.6 Å². The number of nitrogens with zero attached hydrogens (tertiary/aromatic N) is 4. The maximum Gasteiger partial charge on any atom is 0.335 e. The van der Waals surface area contributed by atoms with Gasteiger partial charge in [-0.3, -0.25) is 34.2 Å². The summed E-state index contributed by atoms with van der Waals surface area (Å²) in [7, 11) is 2.67. The highest BCUT2D eigenvalue weighted by Crippen LogP contribution is 2.33. The molecule has 1 atom stereocenters. The molecule has 17 heteroatoms. The smallest absolute Gasteiger partial charge is 0.335 e. The maximum absolute atomic E-state index is 14.1. The molecule has 1 aromatic rings. The van der Waals surface area contributed by atoms with Gasteiger partial charge in [-0.05, 0) is 62.0 Å². The summed E-state index contributed by atoms with van der Waals surface area (Å²) in [5, 5.41) is 4.25. The highest BCUT2D eigenvalue weighted by atomic mass is 16.5. The topological polar surface area (TPSA) is 200 Å². The first kappa shape index (κ1) is 68.9. The van der Waals surface area contributed by atoms with Crippen LogP contribution in [0.3, 0.4) is 0 Å². The van der Waals surface area contributed by atoms with E-state index in [0.29, 0.717) is 79.0 Å². The lowest BCUT2D eigenvalue weighted by Gasteiger charge is -2.32. The number of barbiturate groups is 1. The van der Waals surface area contributed by atoms with Gasteiger partial charge >= 0.3 is 29.9 Å². The summed E-state index contributed by atoms with van der Waals surface area (Å²) in [4.78, 5) is 95.8. The Labute approximate surface area is 469 Å². The van der Waals surface area contributed by atoms with E-state index in [2.05, 4.69) is 52.1 Å². The number of nitrogens with one attached hydrogen (secondary N) is 1. The van der Waals surface area contributed by atoms with Crippen LogP contribution in [0.5, 0.6) is 5.75 Å². The van der Waals surface area contributed by atoms with Crippen LogP contribution in [0.15, 0.2) is 23.3 Å². The number of methoxy groups -OCH3 is 2. The van der Waals surface area contributed by atoms with E-state index in [1.54, 1.807) is 18.2 Å². The van der Waals surface area contributed by atoms with Crippen LogP contribution >= 0.6 is 0 Å². The molecule has 0 bridgehead atoms. The fraction of sp³-hybridized carbons (Fsp3) is 0.770. The molecule has 17 nitrogen and oxygen atoms in total. The molecule has 0 saturated carbocycles. The Morgan fingerprint density at radius 1 is 0.577 bits per heavy atom. The Morgan fingerprint density at radius 3 is 1.38 bits per heavy atom. The van der Waals surface area contributed by atoms with Crippen LogP contribution in [0.4, 0.5) is 16.2 Å². The normalized spacial score (nSPS) is 13.7. The Kier molecular flexibility index (Phi) is 36.9. The zero-order valence-corrected chi connectivity index (χ0v) is 49.7. The van der Waals surface area contributed by atoms with Crippen molar-refractivity contribution in [1.82, 2.24) is 9.80 Å². The SMILES string of the molecule is CCCCCCCCCCCCCCCCCCOC(=O)CN1C(=O)/C(=N/Nc2ccc(N(CCCC(=O)OC)CCCC(=O)OC)cc2OCCC(C)CC(C)(C)C)C(=O)N(CC(=O)OCCCCCCCCCC)C1=O. The molecule has 2 rings (SSSR count). The molecule has 78 heavy (non-hydrogen) atoms. The minimum absolute atomic E-state index is 0.0998. The first-order chi connectivity index (χ1) is 37.5. The molecule has 0 spiro atoms. The second-order valence-corrected chi connectivity index (χ2v) is 22.4. The number of ether oxygens (including phenoxy) is 5. The van der Waals surface area contributed by atoms with Crippen molar-refractivity contribution in [2.24, 2.45) is 16.4 Å². The van der Waals surface area contributed by atoms with Crippen molar-refractivity contribution in [1.29, 1.82) is 0 Å². The number of hydrogen-bond acceptors (Lipinski definition) is 15. The molecule has 1 N–H and O–H groups in total. The van der Waals surface area contributed by atoms with Gasteiger partial charge in [0.25, 0.3) is 11.8 Å². The number of carbonyl (C=O) groups excluding carboxylic acids is 7. The third kappa shape index (κ3) is 30.8. The lowest BCUT2D eigenvalue weighted by molar-refractivity contribution is -0.150. The van der Waals surface area contributed by atoms with Crippen molar-refractivity contribution < 1.29 is 57.2 Å². The summed E-state index contributed by atoms with van der Waals surface area (Å²) in [5.74, 6) is -4.02. The molecular formula is C61H103N5O12. The Bertz CT molecular complexity index is 1910. The van der Waals surface area contributed by atoms with Crippen LogP contribution in [0.2, 0.25) is 0 Å². The summed E-state index contributed by atoms with van der Waals surface area (Å²) >= 11 is 0. The lowest BCUT2D eigenvalue weighted by atomic mass is 9.84. The van der Waals surface area contributed by atoms with Crippen molar-refractivity contribution in [2.75, 3.05) is 70.5 Å². The molecule has 0 aromatic heterocycles. The number of imide groups is 2. The van der Waals surface area contributed by atoms with E-state index in [0.717, 1.165) is 51.4 Å². The molecule has 1 saturated heterocycles. The fourth-order valence-electron chi connectivity index (χ4n) is 9.60. The van der Waals surface area contributed by atoms with Gasteiger partial charge in [-0.25, -0.2) is 14.6 Å². The molecule has 0 radical (unpaired) electrons. The molecule has 0 aliphatic carbocycles. The lowest BCUT2D eigenvalue weighted by Crippen LogP contribution is -2.62. The number of anilines is 2. The summed E-state index contributed by atoms with van der Waals surface area (Å²) in [6, 6.07) is 4.05. The third-order valence-corrected chi connectivity index (χ3v) is 14.0. The van der Waals surface area contributed by atoms with E-state index in [-0.39, 0.29) is 49.1 Å². The number of benzene rings is 1. The first-order valence-electron chi connectivity index (χ1n) is 30.0. The van der Waals surface area contributed by atoms with E-state index >= 15 is 0 Å². The van der Waals surface area contributed by atoms with E-state index < -0.39 is 48.6 Å². The maximum atomic E-state index is 14.1. The number of hydrogen-bond donors (Lipinski definition) is 1. The van der Waals surface area contributed by atoms with Gasteiger partial charge in [0.2, 0.25) is 5.71 Å². The second-order valence-electron chi connectivity index (χ2n) is 22.4. The molecule has 1 heterocycles. The highest BCUT2D eigenvalue weighted by molar-refractivity contribution is 6.68. The van der Waals surface area contributed by atoms with Crippen LogP contribution in [0, 0.1) is 11.3 Å². The van der Waals surface area contributed by atoms with Gasteiger partial charge in [-0.15, -0.1) is 0 Å². The average Bonchev–Trinajstić information content (AvgIpc) is 3.46.